The summed E-state index contributed by atoms with van der Waals surface area (Å²) in [5.74, 6) is 1.98. The molecule has 1 aromatic heterocycles. The first-order valence-corrected chi connectivity index (χ1v) is 11.3. The maximum atomic E-state index is 13.0. The molecule has 8 heteroatoms. The molecule has 162 valence electrons. The van der Waals surface area contributed by atoms with Crippen LogP contribution in [0.1, 0.15) is 0 Å². The van der Waals surface area contributed by atoms with Crippen molar-refractivity contribution >= 4 is 38.3 Å². The molecule has 2 aromatic carbocycles. The minimum atomic E-state index is 0.0479. The van der Waals surface area contributed by atoms with Gasteiger partial charge in [-0.3, -0.25) is 4.79 Å². The predicted octanol–water partition coefficient (Wildman–Crippen LogP) is 3.10. The van der Waals surface area contributed by atoms with Crippen molar-refractivity contribution < 1.29 is 14.3 Å². The molecule has 0 bridgehead atoms. The number of carbonyl (C=O) groups excluding carboxylic acids is 1. The highest BCUT2D eigenvalue weighted by Crippen LogP contribution is 2.37. The topological polar surface area (TPSA) is 58.1 Å². The average Bonchev–Trinajstić information content (AvgIpc) is 3.21. The van der Waals surface area contributed by atoms with E-state index >= 15 is 0 Å². The lowest BCUT2D eigenvalue weighted by molar-refractivity contribution is -0.136. The van der Waals surface area contributed by atoms with Gasteiger partial charge in [-0.1, -0.05) is 29.5 Å². The van der Waals surface area contributed by atoms with Crippen LogP contribution in [0.2, 0.25) is 0 Å². The molecule has 1 amide bonds. The predicted molar refractivity (Wildman–Crippen MR) is 124 cm³/mol. The van der Waals surface area contributed by atoms with Gasteiger partial charge in [0, 0.05) is 39.3 Å². The smallest absolute Gasteiger partial charge is 0.229 e. The second-order valence-corrected chi connectivity index (χ2v) is 8.90. The number of hydrogen-bond acceptors (Lipinski definition) is 7. The number of benzene rings is 2. The molecular formula is C23H26N4O3S. The fraction of sp³-hybridized carbons (Fsp3) is 0.391. The Balaban J connectivity index is 1.18. The number of nitrogens with zero attached hydrogens (tertiary/aromatic N) is 4. The van der Waals surface area contributed by atoms with Crippen LogP contribution in [0.15, 0.2) is 42.5 Å². The summed E-state index contributed by atoms with van der Waals surface area (Å²) in [6.07, 6.45) is 0. The number of methoxy groups -OCH3 is 2. The third-order valence-corrected chi connectivity index (χ3v) is 7.19. The number of fused-ring (bicyclic) bond motifs is 1. The molecule has 3 heterocycles. The van der Waals surface area contributed by atoms with Gasteiger partial charge in [0.15, 0.2) is 5.13 Å². The first kappa shape index (κ1) is 19.9. The number of rotatable bonds is 5. The Bertz CT molecular complexity index is 1090. The fourth-order valence-corrected chi connectivity index (χ4v) is 5.32. The molecule has 0 unspecified atom stereocenters. The van der Waals surface area contributed by atoms with Crippen molar-refractivity contribution in [2.75, 3.05) is 63.3 Å². The van der Waals surface area contributed by atoms with Crippen LogP contribution in [0, 0.1) is 5.92 Å². The maximum absolute atomic E-state index is 13.0. The van der Waals surface area contributed by atoms with Crippen LogP contribution in [0.25, 0.3) is 10.2 Å². The van der Waals surface area contributed by atoms with E-state index in [0.717, 1.165) is 71.8 Å². The zero-order chi connectivity index (χ0) is 21.4. The Morgan fingerprint density at radius 1 is 0.935 bits per heavy atom. The molecule has 0 saturated carbocycles. The van der Waals surface area contributed by atoms with E-state index in [1.807, 2.05) is 35.2 Å². The summed E-state index contributed by atoms with van der Waals surface area (Å²) in [7, 11) is 3.36. The molecule has 7 nitrogen and oxygen atoms in total. The fourth-order valence-electron chi connectivity index (χ4n) is 4.32. The monoisotopic (exact) mass is 438 g/mol. The van der Waals surface area contributed by atoms with Gasteiger partial charge in [0.05, 0.1) is 30.5 Å². The lowest BCUT2D eigenvalue weighted by Crippen LogP contribution is -2.58. The van der Waals surface area contributed by atoms with Crippen molar-refractivity contribution in [1.82, 2.24) is 9.88 Å². The van der Waals surface area contributed by atoms with Gasteiger partial charge >= 0.3 is 0 Å². The molecule has 0 radical (unpaired) electrons. The third kappa shape index (κ3) is 3.65. The SMILES string of the molecule is COc1ccccc1N1CCN(C(=O)C2CN(c3nc4c(OC)cccc4s3)C2)CC1. The molecule has 31 heavy (non-hydrogen) atoms. The van der Waals surface area contributed by atoms with Crippen LogP contribution in [-0.4, -0.2) is 69.3 Å². The Labute approximate surface area is 185 Å². The molecule has 0 spiro atoms. The zero-order valence-corrected chi connectivity index (χ0v) is 18.6. The molecular weight excluding hydrogens is 412 g/mol. The largest absolute Gasteiger partial charge is 0.495 e. The van der Waals surface area contributed by atoms with Crippen molar-refractivity contribution in [3.8, 4) is 11.5 Å². The first-order chi connectivity index (χ1) is 15.2. The Hall–Kier alpha value is -3.00. The van der Waals surface area contributed by atoms with E-state index in [4.69, 9.17) is 14.5 Å². The normalized spacial score (nSPS) is 17.0. The highest BCUT2D eigenvalue weighted by Gasteiger charge is 2.38. The van der Waals surface area contributed by atoms with E-state index in [-0.39, 0.29) is 11.8 Å². The summed E-state index contributed by atoms with van der Waals surface area (Å²) in [5, 5.41) is 0.963. The molecule has 0 N–H and O–H groups in total. The van der Waals surface area contributed by atoms with Crippen molar-refractivity contribution in [3.63, 3.8) is 0 Å². The molecule has 2 aliphatic rings. The summed E-state index contributed by atoms with van der Waals surface area (Å²) < 4.78 is 12.0. The van der Waals surface area contributed by atoms with Gasteiger partial charge in [0.25, 0.3) is 0 Å². The second kappa shape index (κ2) is 8.26. The highest BCUT2D eigenvalue weighted by atomic mass is 32.1. The number of ether oxygens (including phenoxy) is 2. The van der Waals surface area contributed by atoms with Gasteiger partial charge in [-0.2, -0.15) is 0 Å². The van der Waals surface area contributed by atoms with Crippen molar-refractivity contribution in [3.05, 3.63) is 42.5 Å². The number of anilines is 2. The quantitative estimate of drug-likeness (QED) is 0.610. The van der Waals surface area contributed by atoms with Gasteiger partial charge in [-0.25, -0.2) is 4.98 Å². The number of carbonyl (C=O) groups is 1. The molecule has 2 fully saturated rings. The average molecular weight is 439 g/mol. The van der Waals surface area contributed by atoms with E-state index in [1.165, 1.54) is 0 Å². The molecule has 0 atom stereocenters. The van der Waals surface area contributed by atoms with Crippen molar-refractivity contribution in [1.29, 1.82) is 0 Å². The van der Waals surface area contributed by atoms with E-state index in [2.05, 4.69) is 21.9 Å². The van der Waals surface area contributed by atoms with Gasteiger partial charge in [-0.15, -0.1) is 0 Å². The standard InChI is InChI=1S/C23H26N4O3S/c1-29-18-7-4-3-6-17(18)25-10-12-26(13-11-25)22(28)16-14-27(15-16)23-24-21-19(30-2)8-5-9-20(21)31-23/h3-9,16H,10-15H2,1-2H3. The number of aromatic nitrogens is 1. The summed E-state index contributed by atoms with van der Waals surface area (Å²) in [6, 6.07) is 14.0. The van der Waals surface area contributed by atoms with E-state index in [0.29, 0.717) is 0 Å². The summed E-state index contributed by atoms with van der Waals surface area (Å²) in [4.78, 5) is 24.3. The molecule has 0 aliphatic carbocycles. The van der Waals surface area contributed by atoms with Crippen LogP contribution in [0.4, 0.5) is 10.8 Å². The highest BCUT2D eigenvalue weighted by molar-refractivity contribution is 7.22. The van der Waals surface area contributed by atoms with E-state index < -0.39 is 0 Å². The number of thiazole rings is 1. The molecule has 2 aliphatic heterocycles. The third-order valence-electron chi connectivity index (χ3n) is 6.11. The minimum Gasteiger partial charge on any atom is -0.495 e. The molecule has 2 saturated heterocycles. The lowest BCUT2D eigenvalue weighted by Gasteiger charge is -2.43. The number of amides is 1. The maximum Gasteiger partial charge on any atom is 0.229 e. The molecule has 5 rings (SSSR count). The lowest BCUT2D eigenvalue weighted by atomic mass is 9.99. The second-order valence-electron chi connectivity index (χ2n) is 7.89. The Morgan fingerprint density at radius 3 is 2.39 bits per heavy atom. The van der Waals surface area contributed by atoms with E-state index in [1.54, 1.807) is 25.6 Å². The van der Waals surface area contributed by atoms with E-state index in [9.17, 15) is 4.79 Å². The number of hydrogen-bond donors (Lipinski definition) is 0. The minimum absolute atomic E-state index is 0.0479. The molecule has 3 aromatic rings. The van der Waals surface area contributed by atoms with Crippen LogP contribution < -0.4 is 19.3 Å². The Morgan fingerprint density at radius 2 is 1.65 bits per heavy atom. The Kier molecular flexibility index (Phi) is 5.31. The summed E-state index contributed by atoms with van der Waals surface area (Å²) >= 11 is 1.65. The van der Waals surface area contributed by atoms with Gasteiger partial charge in [0.2, 0.25) is 5.91 Å². The van der Waals surface area contributed by atoms with Crippen LogP contribution >= 0.6 is 11.3 Å². The first-order valence-electron chi connectivity index (χ1n) is 10.5. The van der Waals surface area contributed by atoms with Crippen LogP contribution in [-0.2, 0) is 4.79 Å². The number of para-hydroxylation sites is 3. The summed E-state index contributed by atoms with van der Waals surface area (Å²) in [5.41, 5.74) is 1.99. The zero-order valence-electron chi connectivity index (χ0n) is 17.8. The van der Waals surface area contributed by atoms with Gasteiger partial charge in [-0.05, 0) is 24.3 Å². The van der Waals surface area contributed by atoms with Crippen molar-refractivity contribution in [2.45, 2.75) is 0 Å². The number of piperazine rings is 1. The van der Waals surface area contributed by atoms with Crippen LogP contribution in [0.3, 0.4) is 0 Å². The van der Waals surface area contributed by atoms with Crippen LogP contribution in [0.5, 0.6) is 11.5 Å². The van der Waals surface area contributed by atoms with Gasteiger partial charge in [0.1, 0.15) is 17.0 Å². The van der Waals surface area contributed by atoms with Crippen molar-refractivity contribution in [2.24, 2.45) is 5.92 Å². The summed E-state index contributed by atoms with van der Waals surface area (Å²) in [6.45, 7) is 4.58. The van der Waals surface area contributed by atoms with Gasteiger partial charge < -0.3 is 24.2 Å².